The number of hydrazone groups is 2. The molecular formula is C16H16N4O5S. The normalized spacial score (nSPS) is 19.0. The van der Waals surface area contributed by atoms with E-state index in [2.05, 4.69) is 21.1 Å². The van der Waals surface area contributed by atoms with Gasteiger partial charge >= 0.3 is 11.9 Å². The van der Waals surface area contributed by atoms with Crippen LogP contribution in [-0.2, 0) is 19.1 Å². The Balaban J connectivity index is 1.62. The molecule has 2 aliphatic rings. The highest BCUT2D eigenvalue weighted by Crippen LogP contribution is 2.30. The number of hydrogen-bond acceptors (Lipinski definition) is 10. The summed E-state index contributed by atoms with van der Waals surface area (Å²) in [6.45, 7) is 2.97. The number of methoxy groups -OCH3 is 1. The number of hydrogen-bond donors (Lipinski definition) is 2. The van der Waals surface area contributed by atoms with Gasteiger partial charge in [-0.1, -0.05) is 0 Å². The van der Waals surface area contributed by atoms with Gasteiger partial charge in [-0.3, -0.25) is 10.9 Å². The molecule has 0 unspecified atom stereocenters. The average molecular weight is 376 g/mol. The number of carbonyl (C=O) groups excluding carboxylic acids is 2. The molecule has 1 aromatic carbocycles. The first-order chi connectivity index (χ1) is 12.4. The van der Waals surface area contributed by atoms with Gasteiger partial charge in [-0.2, -0.15) is 5.10 Å². The van der Waals surface area contributed by atoms with E-state index in [1.165, 1.54) is 13.8 Å². The van der Waals surface area contributed by atoms with Crippen LogP contribution in [0.5, 0.6) is 5.75 Å². The third kappa shape index (κ3) is 3.97. The van der Waals surface area contributed by atoms with Crippen LogP contribution in [0.3, 0.4) is 0 Å². The summed E-state index contributed by atoms with van der Waals surface area (Å²) < 4.78 is 15.2. The summed E-state index contributed by atoms with van der Waals surface area (Å²) in [5, 5.41) is 8.61. The Morgan fingerprint density at radius 3 is 2.50 bits per heavy atom. The van der Waals surface area contributed by atoms with E-state index in [0.29, 0.717) is 5.17 Å². The first-order valence-electron chi connectivity index (χ1n) is 7.53. The molecule has 0 aliphatic carbocycles. The van der Waals surface area contributed by atoms with Gasteiger partial charge in [0, 0.05) is 13.8 Å². The summed E-state index contributed by atoms with van der Waals surface area (Å²) >= 11 is 1.04. The molecule has 0 radical (unpaired) electrons. The zero-order valence-electron chi connectivity index (χ0n) is 14.2. The van der Waals surface area contributed by atoms with Crippen LogP contribution in [-0.4, -0.2) is 36.2 Å². The van der Waals surface area contributed by atoms with E-state index in [0.717, 1.165) is 23.1 Å². The van der Waals surface area contributed by atoms with Gasteiger partial charge in [0.25, 0.3) is 5.79 Å². The van der Waals surface area contributed by atoms with Gasteiger partial charge in [-0.05, 0) is 41.6 Å². The quantitative estimate of drug-likeness (QED) is 0.267. The Morgan fingerprint density at radius 1 is 1.23 bits per heavy atom. The summed E-state index contributed by atoms with van der Waals surface area (Å²) in [5.74, 6) is -2.06. The van der Waals surface area contributed by atoms with E-state index in [-0.39, 0.29) is 10.6 Å². The second-order valence-corrected chi connectivity index (χ2v) is 6.66. The molecule has 0 spiro atoms. The van der Waals surface area contributed by atoms with E-state index in [4.69, 9.17) is 14.2 Å². The van der Waals surface area contributed by atoms with Crippen LogP contribution in [0, 0.1) is 0 Å². The maximum atomic E-state index is 12.0. The SMILES string of the molecule is COc1ccc(/C=N/NC2=NNC(=C3C(=O)OC(C)(C)OC3=O)S2)cc1. The third-order valence-electron chi connectivity index (χ3n) is 3.26. The van der Waals surface area contributed by atoms with Crippen LogP contribution in [0.1, 0.15) is 19.4 Å². The monoisotopic (exact) mass is 376 g/mol. The lowest BCUT2D eigenvalue weighted by molar-refractivity contribution is -0.222. The first kappa shape index (κ1) is 17.8. The molecule has 1 aromatic rings. The Hall–Kier alpha value is -3.01. The number of cyclic esters (lactones) is 2. The molecule has 3 rings (SSSR count). The smallest absolute Gasteiger partial charge is 0.351 e. The van der Waals surface area contributed by atoms with E-state index in [9.17, 15) is 9.59 Å². The van der Waals surface area contributed by atoms with Crippen LogP contribution in [0.15, 0.2) is 45.1 Å². The predicted octanol–water partition coefficient (Wildman–Crippen LogP) is 1.27. The number of amidine groups is 1. The molecule has 136 valence electrons. The fraction of sp³-hybridized carbons (Fsp3) is 0.250. The van der Waals surface area contributed by atoms with Crippen molar-refractivity contribution < 1.29 is 23.8 Å². The lowest BCUT2D eigenvalue weighted by Gasteiger charge is -2.30. The Labute approximate surface area is 153 Å². The minimum absolute atomic E-state index is 0.220. The highest BCUT2D eigenvalue weighted by molar-refractivity contribution is 8.17. The molecule has 0 aromatic heterocycles. The molecule has 26 heavy (non-hydrogen) atoms. The Bertz CT molecular complexity index is 808. The van der Waals surface area contributed by atoms with E-state index >= 15 is 0 Å². The van der Waals surface area contributed by atoms with Gasteiger partial charge in [0.2, 0.25) is 5.17 Å². The van der Waals surface area contributed by atoms with Gasteiger partial charge in [0.05, 0.1) is 13.3 Å². The number of esters is 2. The summed E-state index contributed by atoms with van der Waals surface area (Å²) in [7, 11) is 1.60. The largest absolute Gasteiger partial charge is 0.497 e. The number of nitrogens with zero attached hydrogens (tertiary/aromatic N) is 2. The van der Waals surface area contributed by atoms with E-state index in [1.807, 2.05) is 24.3 Å². The minimum Gasteiger partial charge on any atom is -0.497 e. The fourth-order valence-electron chi connectivity index (χ4n) is 2.09. The number of ether oxygens (including phenoxy) is 3. The Kier molecular flexibility index (Phi) is 4.85. The molecule has 0 saturated carbocycles. The van der Waals surface area contributed by atoms with Crippen molar-refractivity contribution in [1.29, 1.82) is 0 Å². The average Bonchev–Trinajstić information content (AvgIpc) is 3.02. The predicted molar refractivity (Wildman–Crippen MR) is 95.2 cm³/mol. The van der Waals surface area contributed by atoms with Crippen molar-refractivity contribution in [3.05, 3.63) is 40.4 Å². The number of thioether (sulfide) groups is 1. The summed E-state index contributed by atoms with van der Waals surface area (Å²) in [4.78, 5) is 24.0. The van der Waals surface area contributed by atoms with Gasteiger partial charge in [-0.25, -0.2) is 9.59 Å². The van der Waals surface area contributed by atoms with Crippen molar-refractivity contribution in [3.63, 3.8) is 0 Å². The van der Waals surface area contributed by atoms with Gasteiger partial charge in [0.15, 0.2) is 5.57 Å². The molecule has 9 nitrogen and oxygen atoms in total. The van der Waals surface area contributed by atoms with Crippen molar-refractivity contribution in [3.8, 4) is 5.75 Å². The Morgan fingerprint density at radius 2 is 1.88 bits per heavy atom. The minimum atomic E-state index is -1.29. The maximum absolute atomic E-state index is 12.0. The fourth-order valence-corrected chi connectivity index (χ4v) is 2.83. The van der Waals surface area contributed by atoms with Crippen molar-refractivity contribution in [1.82, 2.24) is 10.9 Å². The number of benzene rings is 1. The maximum Gasteiger partial charge on any atom is 0.351 e. The summed E-state index contributed by atoms with van der Waals surface area (Å²) in [6.07, 6.45) is 1.60. The highest BCUT2D eigenvalue weighted by atomic mass is 32.2. The molecule has 0 amide bonds. The molecule has 1 fully saturated rings. The molecule has 0 bridgehead atoms. The lowest BCUT2D eigenvalue weighted by atomic mass is 10.2. The molecule has 10 heteroatoms. The molecule has 2 N–H and O–H groups in total. The highest BCUT2D eigenvalue weighted by Gasteiger charge is 2.42. The van der Waals surface area contributed by atoms with Crippen LogP contribution in [0.25, 0.3) is 0 Å². The van der Waals surface area contributed by atoms with Gasteiger partial charge < -0.3 is 14.2 Å². The number of rotatable bonds is 3. The van der Waals surface area contributed by atoms with Crippen LogP contribution < -0.4 is 15.6 Å². The van der Waals surface area contributed by atoms with Gasteiger partial charge in [0.1, 0.15) is 10.8 Å². The van der Waals surface area contributed by atoms with Crippen molar-refractivity contribution in [2.75, 3.05) is 7.11 Å². The summed E-state index contributed by atoms with van der Waals surface area (Å²) in [5.41, 5.74) is 5.96. The van der Waals surface area contributed by atoms with Crippen molar-refractivity contribution in [2.24, 2.45) is 10.2 Å². The first-order valence-corrected chi connectivity index (χ1v) is 8.35. The van der Waals surface area contributed by atoms with Crippen molar-refractivity contribution in [2.45, 2.75) is 19.6 Å². The second-order valence-electron chi connectivity index (χ2n) is 5.66. The number of carbonyl (C=O) groups is 2. The van der Waals surface area contributed by atoms with Crippen LogP contribution >= 0.6 is 11.8 Å². The zero-order valence-corrected chi connectivity index (χ0v) is 15.0. The second kappa shape index (κ2) is 7.08. The van der Waals surface area contributed by atoms with Crippen LogP contribution in [0.4, 0.5) is 0 Å². The van der Waals surface area contributed by atoms with Crippen LogP contribution in [0.2, 0.25) is 0 Å². The standard InChI is InChI=1S/C16H16N4O5S/c1-16(2)24-13(21)11(14(22)25-16)12-18-20-15(26-12)19-17-8-9-4-6-10(23-3)7-5-9/h4-8,18H,1-3H3,(H,19,20)/b17-8+. The molecular weight excluding hydrogens is 360 g/mol. The molecule has 0 atom stereocenters. The zero-order chi connectivity index (χ0) is 18.7. The molecule has 2 heterocycles. The third-order valence-corrected chi connectivity index (χ3v) is 4.14. The number of nitrogens with one attached hydrogen (secondary N) is 2. The van der Waals surface area contributed by atoms with E-state index in [1.54, 1.807) is 13.3 Å². The van der Waals surface area contributed by atoms with Gasteiger partial charge in [-0.15, -0.1) is 5.10 Å². The molecule has 2 aliphatic heterocycles. The van der Waals surface area contributed by atoms with Crippen molar-refractivity contribution >= 4 is 35.1 Å². The molecule has 1 saturated heterocycles. The topological polar surface area (TPSA) is 111 Å². The summed E-state index contributed by atoms with van der Waals surface area (Å²) in [6, 6.07) is 7.31. The lowest BCUT2D eigenvalue weighted by Crippen LogP contribution is -2.42. The van der Waals surface area contributed by atoms with E-state index < -0.39 is 17.7 Å².